The predicted molar refractivity (Wildman–Crippen MR) is 79.4 cm³/mol. The van der Waals surface area contributed by atoms with Crippen LogP contribution in [0.5, 0.6) is 0 Å². The first kappa shape index (κ1) is 14.3. The Morgan fingerprint density at radius 1 is 1.58 bits per heavy atom. The van der Waals surface area contributed by atoms with E-state index < -0.39 is 0 Å². The van der Waals surface area contributed by atoms with Crippen LogP contribution in [0.25, 0.3) is 0 Å². The first-order chi connectivity index (χ1) is 9.04. The number of hydrogen-bond acceptors (Lipinski definition) is 4. The predicted octanol–water partition coefficient (Wildman–Crippen LogP) is 2.92. The van der Waals surface area contributed by atoms with E-state index in [1.165, 1.54) is 0 Å². The van der Waals surface area contributed by atoms with E-state index in [1.807, 2.05) is 6.07 Å². The molecule has 1 aromatic carbocycles. The molecular weight excluding hydrogens is 310 g/mol. The topological polar surface area (TPSA) is 72.4 Å². The van der Waals surface area contributed by atoms with Crippen LogP contribution in [0, 0.1) is 16.0 Å². The van der Waals surface area contributed by atoms with Gasteiger partial charge in [0.05, 0.1) is 4.92 Å². The lowest BCUT2D eigenvalue weighted by Gasteiger charge is -2.40. The van der Waals surface area contributed by atoms with Gasteiger partial charge in [0.25, 0.3) is 5.69 Å². The molecule has 0 bridgehead atoms. The van der Waals surface area contributed by atoms with E-state index in [4.69, 9.17) is 5.73 Å². The quantitative estimate of drug-likeness (QED) is 0.684. The number of benzene rings is 1. The monoisotopic (exact) mass is 327 g/mol. The average Bonchev–Trinajstić information content (AvgIpc) is 2.37. The zero-order valence-corrected chi connectivity index (χ0v) is 12.5. The van der Waals surface area contributed by atoms with Crippen LogP contribution >= 0.6 is 15.9 Å². The van der Waals surface area contributed by atoms with Crippen LogP contribution in [0.2, 0.25) is 0 Å². The first-order valence-corrected chi connectivity index (χ1v) is 7.24. The van der Waals surface area contributed by atoms with Gasteiger partial charge in [0.2, 0.25) is 0 Å². The maximum Gasteiger partial charge on any atom is 0.292 e. The number of rotatable bonds is 3. The summed E-state index contributed by atoms with van der Waals surface area (Å²) in [5, 5.41) is 11.2. The van der Waals surface area contributed by atoms with Gasteiger partial charge >= 0.3 is 0 Å². The number of halogens is 1. The Balaban J connectivity index is 2.43. The van der Waals surface area contributed by atoms with Crippen molar-refractivity contribution >= 4 is 27.3 Å². The van der Waals surface area contributed by atoms with Gasteiger partial charge in [-0.25, -0.2) is 0 Å². The van der Waals surface area contributed by atoms with Gasteiger partial charge in [-0.1, -0.05) is 22.9 Å². The molecule has 2 atom stereocenters. The first-order valence-electron chi connectivity index (χ1n) is 6.45. The summed E-state index contributed by atoms with van der Waals surface area (Å²) in [4.78, 5) is 13.0. The molecule has 2 N–H and O–H groups in total. The van der Waals surface area contributed by atoms with Crippen molar-refractivity contribution in [3.8, 4) is 0 Å². The van der Waals surface area contributed by atoms with Gasteiger partial charge in [0, 0.05) is 29.7 Å². The Labute approximate surface area is 121 Å². The normalized spacial score (nSPS) is 23.4. The zero-order chi connectivity index (χ0) is 14.0. The molecule has 2 unspecified atom stereocenters. The van der Waals surface area contributed by atoms with Crippen molar-refractivity contribution in [2.75, 3.05) is 18.0 Å². The number of anilines is 1. The van der Waals surface area contributed by atoms with Crippen LogP contribution in [0.4, 0.5) is 11.4 Å². The Hall–Kier alpha value is -1.14. The van der Waals surface area contributed by atoms with E-state index >= 15 is 0 Å². The fraction of sp³-hybridized carbons (Fsp3) is 0.538. The fourth-order valence-electron chi connectivity index (χ4n) is 2.79. The summed E-state index contributed by atoms with van der Waals surface area (Å²) >= 11 is 3.39. The Morgan fingerprint density at radius 3 is 2.95 bits per heavy atom. The Kier molecular flexibility index (Phi) is 4.42. The molecule has 1 fully saturated rings. The molecule has 0 aromatic heterocycles. The van der Waals surface area contributed by atoms with Crippen molar-refractivity contribution in [3.63, 3.8) is 0 Å². The van der Waals surface area contributed by atoms with Crippen LogP contribution in [0.3, 0.4) is 0 Å². The van der Waals surface area contributed by atoms with Crippen molar-refractivity contribution in [3.05, 3.63) is 32.8 Å². The third kappa shape index (κ3) is 2.90. The molecule has 1 heterocycles. The third-order valence-corrected chi connectivity index (χ3v) is 4.29. The highest BCUT2D eigenvalue weighted by atomic mass is 79.9. The number of nitro benzene ring substituents is 1. The Morgan fingerprint density at radius 2 is 2.32 bits per heavy atom. The van der Waals surface area contributed by atoms with Gasteiger partial charge in [-0.2, -0.15) is 0 Å². The van der Waals surface area contributed by atoms with E-state index in [1.54, 1.807) is 12.1 Å². The van der Waals surface area contributed by atoms with Crippen LogP contribution in [-0.4, -0.2) is 24.1 Å². The summed E-state index contributed by atoms with van der Waals surface area (Å²) in [5.74, 6) is 0.456. The molecule has 0 spiro atoms. The van der Waals surface area contributed by atoms with Gasteiger partial charge in [0.15, 0.2) is 0 Å². The van der Waals surface area contributed by atoms with Gasteiger partial charge in [0.1, 0.15) is 5.69 Å². The second-order valence-corrected chi connectivity index (χ2v) is 5.92. The molecule has 1 aliphatic rings. The molecule has 0 radical (unpaired) electrons. The third-order valence-electron chi connectivity index (χ3n) is 3.80. The molecular formula is C13H18BrN3O2. The van der Waals surface area contributed by atoms with Crippen molar-refractivity contribution in [1.29, 1.82) is 0 Å². The smallest absolute Gasteiger partial charge is 0.292 e. The second-order valence-electron chi connectivity index (χ2n) is 5.01. The summed E-state index contributed by atoms with van der Waals surface area (Å²) in [6.07, 6.45) is 2.17. The van der Waals surface area contributed by atoms with Gasteiger partial charge in [-0.05, 0) is 30.9 Å². The van der Waals surface area contributed by atoms with E-state index in [0.717, 1.165) is 23.9 Å². The highest BCUT2D eigenvalue weighted by Crippen LogP contribution is 2.36. The largest absolute Gasteiger partial charge is 0.361 e. The highest BCUT2D eigenvalue weighted by Gasteiger charge is 2.31. The van der Waals surface area contributed by atoms with Crippen LogP contribution in [0.15, 0.2) is 22.7 Å². The summed E-state index contributed by atoms with van der Waals surface area (Å²) in [5.41, 5.74) is 6.68. The molecule has 1 saturated heterocycles. The van der Waals surface area contributed by atoms with Gasteiger partial charge in [-0.3, -0.25) is 10.1 Å². The zero-order valence-electron chi connectivity index (χ0n) is 10.9. The summed E-state index contributed by atoms with van der Waals surface area (Å²) in [7, 11) is 0. The van der Waals surface area contributed by atoms with E-state index in [0.29, 0.717) is 18.2 Å². The Bertz CT molecular complexity index is 481. The maximum absolute atomic E-state index is 11.2. The number of nitro groups is 1. The van der Waals surface area contributed by atoms with Crippen molar-refractivity contribution in [1.82, 2.24) is 0 Å². The maximum atomic E-state index is 11.2. The standard InChI is InChI=1S/C13H18BrN3O2/c1-9-3-2-6-16(13(9)8-15)12-7-10(14)4-5-11(12)17(18)19/h4-5,7,9,13H,2-3,6,8,15H2,1H3. The van der Waals surface area contributed by atoms with E-state index in [9.17, 15) is 10.1 Å². The van der Waals surface area contributed by atoms with Crippen molar-refractivity contribution in [2.45, 2.75) is 25.8 Å². The lowest BCUT2D eigenvalue weighted by molar-refractivity contribution is -0.384. The fourth-order valence-corrected chi connectivity index (χ4v) is 3.14. The average molecular weight is 328 g/mol. The summed E-state index contributed by atoms with van der Waals surface area (Å²) in [6.45, 7) is 3.50. The highest BCUT2D eigenvalue weighted by molar-refractivity contribution is 9.10. The lowest BCUT2D eigenvalue weighted by atomic mass is 9.90. The number of nitrogens with zero attached hydrogens (tertiary/aromatic N) is 2. The van der Waals surface area contributed by atoms with Gasteiger partial charge < -0.3 is 10.6 Å². The molecule has 104 valence electrons. The number of nitrogens with two attached hydrogens (primary N) is 1. The van der Waals surface area contributed by atoms with Gasteiger partial charge in [-0.15, -0.1) is 0 Å². The second kappa shape index (κ2) is 5.88. The van der Waals surface area contributed by atoms with Crippen molar-refractivity contribution in [2.24, 2.45) is 11.7 Å². The number of piperidine rings is 1. The van der Waals surface area contributed by atoms with Crippen LogP contribution in [-0.2, 0) is 0 Å². The molecule has 1 aromatic rings. The summed E-state index contributed by atoms with van der Waals surface area (Å²) < 4.78 is 0.849. The van der Waals surface area contributed by atoms with E-state index in [-0.39, 0.29) is 16.7 Å². The SMILES string of the molecule is CC1CCCN(c2cc(Br)ccc2[N+](=O)[O-])C1CN. The number of hydrogen-bond donors (Lipinski definition) is 1. The molecule has 1 aliphatic heterocycles. The lowest BCUT2D eigenvalue weighted by Crippen LogP contribution is -2.49. The molecule has 6 heteroatoms. The summed E-state index contributed by atoms with van der Waals surface area (Å²) in [6, 6.07) is 5.24. The van der Waals surface area contributed by atoms with Crippen LogP contribution in [0.1, 0.15) is 19.8 Å². The van der Waals surface area contributed by atoms with Crippen LogP contribution < -0.4 is 10.6 Å². The molecule has 0 saturated carbocycles. The molecule has 5 nitrogen and oxygen atoms in total. The molecule has 2 rings (SSSR count). The molecule has 0 amide bonds. The minimum absolute atomic E-state index is 0.149. The minimum atomic E-state index is -0.325. The van der Waals surface area contributed by atoms with Crippen molar-refractivity contribution < 1.29 is 4.92 Å². The molecule has 0 aliphatic carbocycles. The molecule has 19 heavy (non-hydrogen) atoms. The minimum Gasteiger partial charge on any atom is -0.361 e. The van der Waals surface area contributed by atoms with E-state index in [2.05, 4.69) is 27.8 Å².